The molecule has 0 saturated carbocycles. The Balaban J connectivity index is 1.66. The lowest BCUT2D eigenvalue weighted by Crippen LogP contribution is -2.25. The van der Waals surface area contributed by atoms with Crippen LogP contribution in [0.1, 0.15) is 11.1 Å². The van der Waals surface area contributed by atoms with E-state index in [1.165, 1.54) is 11.8 Å². The summed E-state index contributed by atoms with van der Waals surface area (Å²) in [6.45, 7) is 0.197. The zero-order valence-corrected chi connectivity index (χ0v) is 13.9. The number of carbonyl (C=O) groups excluding carboxylic acids is 1. The van der Waals surface area contributed by atoms with Crippen molar-refractivity contribution < 1.29 is 13.2 Å². The van der Waals surface area contributed by atoms with E-state index in [0.29, 0.717) is 5.75 Å². The Morgan fingerprint density at radius 3 is 2.65 bits per heavy atom. The third-order valence-electron chi connectivity index (χ3n) is 3.37. The lowest BCUT2D eigenvalue weighted by Gasteiger charge is -2.17. The van der Waals surface area contributed by atoms with Gasteiger partial charge in [-0.2, -0.15) is 0 Å². The zero-order valence-electron chi connectivity index (χ0n) is 12.3. The molecule has 0 bridgehead atoms. The van der Waals surface area contributed by atoms with E-state index in [0.717, 1.165) is 21.7 Å². The van der Waals surface area contributed by atoms with Gasteiger partial charge in [-0.25, -0.2) is 13.1 Å². The van der Waals surface area contributed by atoms with Crippen LogP contribution in [0.5, 0.6) is 0 Å². The van der Waals surface area contributed by atoms with Crippen LogP contribution in [-0.4, -0.2) is 20.1 Å². The minimum absolute atomic E-state index is 0.0377. The van der Waals surface area contributed by atoms with Gasteiger partial charge >= 0.3 is 0 Å². The molecule has 5 nitrogen and oxygen atoms in total. The molecule has 0 spiro atoms. The maximum atomic E-state index is 12.1. The average Bonchev–Trinajstić information content (AvgIpc) is 2.53. The third kappa shape index (κ3) is 4.34. The lowest BCUT2D eigenvalue weighted by molar-refractivity contribution is -0.113. The topological polar surface area (TPSA) is 75.3 Å². The molecule has 3 rings (SSSR count). The van der Waals surface area contributed by atoms with Crippen molar-refractivity contribution in [2.75, 3.05) is 11.1 Å². The van der Waals surface area contributed by atoms with Crippen LogP contribution in [0.2, 0.25) is 0 Å². The summed E-state index contributed by atoms with van der Waals surface area (Å²) in [7, 11) is -3.41. The van der Waals surface area contributed by atoms with Crippen molar-refractivity contribution in [3.05, 3.63) is 59.7 Å². The number of sulfonamides is 1. The molecule has 2 aromatic rings. The van der Waals surface area contributed by atoms with Crippen LogP contribution in [0.3, 0.4) is 0 Å². The Labute approximate surface area is 139 Å². The minimum Gasteiger partial charge on any atom is -0.324 e. The second-order valence-corrected chi connectivity index (χ2v) is 8.06. The molecule has 0 fully saturated rings. The molecule has 0 saturated heterocycles. The molecule has 1 amide bonds. The standard InChI is InChI=1S/C16H16N2O3S2/c19-16-10-22-15-7-6-13(8-14(15)18-16)9-17-23(20,21)11-12-4-2-1-3-5-12/h1-8,17H,9-11H2,(H,18,19). The molecular formula is C16H16N2O3S2. The highest BCUT2D eigenvalue weighted by molar-refractivity contribution is 8.00. The van der Waals surface area contributed by atoms with E-state index in [1.54, 1.807) is 12.1 Å². The number of hydrogen-bond donors (Lipinski definition) is 2. The molecule has 2 N–H and O–H groups in total. The average molecular weight is 348 g/mol. The normalized spacial score (nSPS) is 14.2. The van der Waals surface area contributed by atoms with Gasteiger partial charge in [-0.3, -0.25) is 4.79 Å². The van der Waals surface area contributed by atoms with Crippen LogP contribution in [0, 0.1) is 0 Å². The zero-order chi connectivity index (χ0) is 16.3. The van der Waals surface area contributed by atoms with Gasteiger partial charge in [0, 0.05) is 11.4 Å². The quantitative estimate of drug-likeness (QED) is 0.870. The first-order valence-electron chi connectivity index (χ1n) is 7.09. The van der Waals surface area contributed by atoms with Crippen molar-refractivity contribution in [2.24, 2.45) is 0 Å². The molecule has 1 aliphatic heterocycles. The molecule has 0 atom stereocenters. The summed E-state index contributed by atoms with van der Waals surface area (Å²) in [6.07, 6.45) is 0. The van der Waals surface area contributed by atoms with Crippen LogP contribution in [0.15, 0.2) is 53.4 Å². The molecule has 0 unspecified atom stereocenters. The minimum atomic E-state index is -3.41. The number of fused-ring (bicyclic) bond motifs is 1. The monoisotopic (exact) mass is 348 g/mol. The number of rotatable bonds is 5. The lowest BCUT2D eigenvalue weighted by atomic mass is 10.2. The Morgan fingerprint density at radius 1 is 1.09 bits per heavy atom. The molecule has 0 radical (unpaired) electrons. The van der Waals surface area contributed by atoms with Crippen molar-refractivity contribution in [3.8, 4) is 0 Å². The van der Waals surface area contributed by atoms with Crippen LogP contribution in [0.4, 0.5) is 5.69 Å². The number of thioether (sulfide) groups is 1. The predicted octanol–water partition coefficient (Wildman–Crippen LogP) is 2.35. The summed E-state index contributed by atoms with van der Waals surface area (Å²) in [5.41, 5.74) is 2.29. The Morgan fingerprint density at radius 2 is 1.87 bits per heavy atom. The molecule has 120 valence electrons. The molecule has 1 aliphatic rings. The van der Waals surface area contributed by atoms with E-state index in [-0.39, 0.29) is 18.2 Å². The number of benzene rings is 2. The first-order valence-corrected chi connectivity index (χ1v) is 9.72. The Hall–Kier alpha value is -1.83. The number of nitrogens with one attached hydrogen (secondary N) is 2. The number of amides is 1. The summed E-state index contributed by atoms with van der Waals surface area (Å²) in [4.78, 5) is 12.4. The summed E-state index contributed by atoms with van der Waals surface area (Å²) < 4.78 is 26.9. The van der Waals surface area contributed by atoms with Crippen LogP contribution < -0.4 is 10.0 Å². The van der Waals surface area contributed by atoms with Gasteiger partial charge in [0.25, 0.3) is 0 Å². The van der Waals surface area contributed by atoms with Gasteiger partial charge in [-0.15, -0.1) is 11.8 Å². The molecule has 2 aromatic carbocycles. The number of anilines is 1. The smallest absolute Gasteiger partial charge is 0.234 e. The van der Waals surface area contributed by atoms with Gasteiger partial charge < -0.3 is 5.32 Å². The van der Waals surface area contributed by atoms with Crippen molar-refractivity contribution in [1.29, 1.82) is 0 Å². The predicted molar refractivity (Wildman–Crippen MR) is 91.7 cm³/mol. The third-order valence-corrected chi connectivity index (χ3v) is 5.74. The summed E-state index contributed by atoms with van der Waals surface area (Å²) >= 11 is 1.48. The van der Waals surface area contributed by atoms with E-state index < -0.39 is 10.0 Å². The van der Waals surface area contributed by atoms with Gasteiger partial charge in [0.05, 0.1) is 17.2 Å². The number of hydrogen-bond acceptors (Lipinski definition) is 4. The van der Waals surface area contributed by atoms with Gasteiger partial charge in [-0.1, -0.05) is 36.4 Å². The van der Waals surface area contributed by atoms with Crippen molar-refractivity contribution >= 4 is 33.4 Å². The van der Waals surface area contributed by atoms with Crippen LogP contribution in [0.25, 0.3) is 0 Å². The second kappa shape index (κ2) is 6.74. The van der Waals surface area contributed by atoms with Gasteiger partial charge in [0.2, 0.25) is 15.9 Å². The van der Waals surface area contributed by atoms with E-state index in [4.69, 9.17) is 0 Å². The van der Waals surface area contributed by atoms with E-state index in [2.05, 4.69) is 10.0 Å². The van der Waals surface area contributed by atoms with E-state index in [1.807, 2.05) is 36.4 Å². The van der Waals surface area contributed by atoms with Crippen LogP contribution in [-0.2, 0) is 27.1 Å². The highest BCUT2D eigenvalue weighted by Crippen LogP contribution is 2.31. The molecule has 0 aromatic heterocycles. The van der Waals surface area contributed by atoms with E-state index >= 15 is 0 Å². The maximum absolute atomic E-state index is 12.1. The Kier molecular flexibility index (Phi) is 4.70. The molecule has 1 heterocycles. The van der Waals surface area contributed by atoms with Gasteiger partial charge in [0.1, 0.15) is 0 Å². The number of carbonyl (C=O) groups is 1. The van der Waals surface area contributed by atoms with Crippen molar-refractivity contribution in [2.45, 2.75) is 17.2 Å². The van der Waals surface area contributed by atoms with E-state index in [9.17, 15) is 13.2 Å². The largest absolute Gasteiger partial charge is 0.324 e. The summed E-state index contributed by atoms with van der Waals surface area (Å²) in [5.74, 6) is 0.325. The Bertz CT molecular complexity index is 820. The SMILES string of the molecule is O=C1CSc2ccc(CNS(=O)(=O)Cc3ccccc3)cc2N1. The first kappa shape index (κ1) is 16.0. The molecular weight excluding hydrogens is 332 g/mol. The highest BCUT2D eigenvalue weighted by Gasteiger charge is 2.16. The van der Waals surface area contributed by atoms with Gasteiger partial charge in [0.15, 0.2) is 0 Å². The molecule has 23 heavy (non-hydrogen) atoms. The fraction of sp³-hybridized carbons (Fsp3) is 0.188. The first-order chi connectivity index (χ1) is 11.0. The summed E-state index contributed by atoms with van der Waals surface area (Å²) in [6, 6.07) is 14.6. The fourth-order valence-corrected chi connectivity index (χ4v) is 4.19. The van der Waals surface area contributed by atoms with Gasteiger partial charge in [-0.05, 0) is 23.3 Å². The molecule has 7 heteroatoms. The highest BCUT2D eigenvalue weighted by atomic mass is 32.2. The summed E-state index contributed by atoms with van der Waals surface area (Å²) in [5, 5.41) is 2.80. The second-order valence-electron chi connectivity index (χ2n) is 5.23. The van der Waals surface area contributed by atoms with Crippen LogP contribution >= 0.6 is 11.8 Å². The maximum Gasteiger partial charge on any atom is 0.234 e. The fourth-order valence-electron chi connectivity index (χ4n) is 2.28. The molecule has 0 aliphatic carbocycles. The van der Waals surface area contributed by atoms with Crippen molar-refractivity contribution in [3.63, 3.8) is 0 Å². The van der Waals surface area contributed by atoms with Crippen molar-refractivity contribution in [1.82, 2.24) is 4.72 Å².